The van der Waals surface area contributed by atoms with Gasteiger partial charge in [-0.3, -0.25) is 9.67 Å². The Labute approximate surface area is 164 Å². The largest absolute Gasteiger partial charge is 0.356 e. The Morgan fingerprint density at radius 1 is 1.20 bits per heavy atom. The number of nitrogens with one attached hydrogen (secondary N) is 2. The van der Waals surface area contributed by atoms with Crippen LogP contribution in [0, 0.1) is 0 Å². The average molecular weight is 453 g/mol. The maximum Gasteiger partial charge on any atom is 0.191 e. The van der Waals surface area contributed by atoms with Gasteiger partial charge in [-0.25, -0.2) is 4.98 Å². The second kappa shape index (κ2) is 9.40. The van der Waals surface area contributed by atoms with Gasteiger partial charge in [0.25, 0.3) is 0 Å². The number of aliphatic imine (C=N–C) groups is 1. The van der Waals surface area contributed by atoms with Crippen LogP contribution in [0.2, 0.25) is 0 Å². The number of hydrogen-bond acceptors (Lipinski definition) is 3. The second-order valence-corrected chi connectivity index (χ2v) is 5.55. The number of nitrogens with zero attached hydrogens (tertiary/aromatic N) is 5. The monoisotopic (exact) mass is 453 g/mol. The van der Waals surface area contributed by atoms with Gasteiger partial charge in [-0.1, -0.05) is 12.1 Å². The van der Waals surface area contributed by atoms with Crippen molar-refractivity contribution in [3.63, 3.8) is 0 Å². The molecule has 8 heteroatoms. The molecular weight excluding hydrogens is 429 g/mol. The Kier molecular flexibility index (Phi) is 7.23. The molecule has 0 fully saturated rings. The third-order valence-corrected chi connectivity index (χ3v) is 3.93. The Bertz CT molecular complexity index is 808. The molecule has 1 aromatic carbocycles. The van der Waals surface area contributed by atoms with Gasteiger partial charge in [0.15, 0.2) is 5.96 Å². The summed E-state index contributed by atoms with van der Waals surface area (Å²) in [6, 6.07) is 10.1. The summed E-state index contributed by atoms with van der Waals surface area (Å²) < 4.78 is 4.03. The first-order chi connectivity index (χ1) is 11.8. The highest BCUT2D eigenvalue weighted by Crippen LogP contribution is 2.13. The fourth-order valence-corrected chi connectivity index (χ4v) is 2.62. The van der Waals surface area contributed by atoms with Crippen LogP contribution in [0.4, 0.5) is 0 Å². The lowest BCUT2D eigenvalue weighted by atomic mass is 10.3. The van der Waals surface area contributed by atoms with E-state index in [1.807, 2.05) is 42.2 Å². The van der Waals surface area contributed by atoms with Crippen LogP contribution in [0.25, 0.3) is 11.0 Å². The van der Waals surface area contributed by atoms with Crippen molar-refractivity contribution in [2.45, 2.75) is 19.5 Å². The lowest BCUT2D eigenvalue weighted by Crippen LogP contribution is -2.38. The second-order valence-electron chi connectivity index (χ2n) is 5.55. The van der Waals surface area contributed by atoms with Gasteiger partial charge in [0.1, 0.15) is 5.82 Å². The molecule has 2 aromatic heterocycles. The van der Waals surface area contributed by atoms with E-state index < -0.39 is 0 Å². The molecule has 2 N–H and O–H groups in total. The topological polar surface area (TPSA) is 72.1 Å². The van der Waals surface area contributed by atoms with E-state index in [1.54, 1.807) is 13.2 Å². The minimum Gasteiger partial charge on any atom is -0.356 e. The SMILES string of the molecule is CN=C(NCCCn1cccn1)NCc1nc2ccccc2n1C.I. The predicted molar refractivity (Wildman–Crippen MR) is 111 cm³/mol. The molecule has 0 aliphatic heterocycles. The summed E-state index contributed by atoms with van der Waals surface area (Å²) in [7, 11) is 3.81. The minimum atomic E-state index is 0. The van der Waals surface area contributed by atoms with Gasteiger partial charge in [-0.05, 0) is 24.6 Å². The molecule has 0 unspecified atom stereocenters. The summed E-state index contributed by atoms with van der Waals surface area (Å²) in [5, 5.41) is 10.8. The zero-order chi connectivity index (χ0) is 16.8. The third-order valence-electron chi connectivity index (χ3n) is 3.93. The number of benzene rings is 1. The first kappa shape index (κ1) is 19.2. The summed E-state index contributed by atoms with van der Waals surface area (Å²) in [5.74, 6) is 1.76. The molecule has 0 bridgehead atoms. The van der Waals surface area contributed by atoms with E-state index >= 15 is 0 Å². The Hall–Kier alpha value is -2.10. The van der Waals surface area contributed by atoms with E-state index in [4.69, 9.17) is 0 Å². The first-order valence-corrected chi connectivity index (χ1v) is 8.10. The molecule has 0 amide bonds. The number of guanidine groups is 1. The molecule has 0 aliphatic carbocycles. The van der Waals surface area contributed by atoms with Gasteiger partial charge in [0.05, 0.1) is 17.6 Å². The number of hydrogen-bond donors (Lipinski definition) is 2. The fraction of sp³-hybridized carbons (Fsp3) is 0.353. The molecule has 3 aromatic rings. The molecule has 0 aliphatic rings. The summed E-state index contributed by atoms with van der Waals surface area (Å²) in [4.78, 5) is 8.91. The van der Waals surface area contributed by atoms with Crippen LogP contribution < -0.4 is 10.6 Å². The van der Waals surface area contributed by atoms with E-state index in [0.717, 1.165) is 42.3 Å². The van der Waals surface area contributed by atoms with Crippen molar-refractivity contribution in [1.29, 1.82) is 0 Å². The lowest BCUT2D eigenvalue weighted by molar-refractivity contribution is 0.569. The van der Waals surface area contributed by atoms with Gasteiger partial charge < -0.3 is 15.2 Å². The van der Waals surface area contributed by atoms with Crippen molar-refractivity contribution in [1.82, 2.24) is 30.0 Å². The quantitative estimate of drug-likeness (QED) is 0.260. The highest BCUT2D eigenvalue weighted by molar-refractivity contribution is 14.0. The van der Waals surface area contributed by atoms with Gasteiger partial charge in [-0.2, -0.15) is 5.10 Å². The fourth-order valence-electron chi connectivity index (χ4n) is 2.62. The maximum atomic E-state index is 4.65. The maximum absolute atomic E-state index is 4.65. The van der Waals surface area contributed by atoms with Crippen LogP contribution in [0.1, 0.15) is 12.2 Å². The molecule has 134 valence electrons. The molecule has 3 rings (SSSR count). The Morgan fingerprint density at radius 3 is 2.76 bits per heavy atom. The number of aromatic nitrogens is 4. The third kappa shape index (κ3) is 4.94. The Morgan fingerprint density at radius 2 is 2.04 bits per heavy atom. The highest BCUT2D eigenvalue weighted by Gasteiger charge is 2.07. The molecular formula is C17H24IN7. The molecule has 0 saturated carbocycles. The van der Waals surface area contributed by atoms with Crippen LogP contribution in [0.5, 0.6) is 0 Å². The number of aryl methyl sites for hydroxylation is 2. The molecule has 7 nitrogen and oxygen atoms in total. The molecule has 25 heavy (non-hydrogen) atoms. The first-order valence-electron chi connectivity index (χ1n) is 8.10. The van der Waals surface area contributed by atoms with E-state index in [-0.39, 0.29) is 24.0 Å². The van der Waals surface area contributed by atoms with Crippen molar-refractivity contribution < 1.29 is 0 Å². The number of para-hydroxylation sites is 2. The summed E-state index contributed by atoms with van der Waals surface area (Å²) in [6.07, 6.45) is 4.75. The minimum absolute atomic E-state index is 0. The molecule has 0 atom stereocenters. The zero-order valence-electron chi connectivity index (χ0n) is 14.5. The standard InChI is InChI=1S/C17H23N7.HI/c1-18-17(19-9-5-11-24-12-6-10-21-24)20-13-16-22-14-7-3-4-8-15(14)23(16)2;/h3-4,6-8,10,12H,5,9,11,13H2,1-2H3,(H2,18,19,20);1H. The van der Waals surface area contributed by atoms with Crippen molar-refractivity contribution in [3.05, 3.63) is 48.5 Å². The van der Waals surface area contributed by atoms with Crippen LogP contribution in [0.3, 0.4) is 0 Å². The van der Waals surface area contributed by atoms with Crippen LogP contribution in [0.15, 0.2) is 47.7 Å². The summed E-state index contributed by atoms with van der Waals surface area (Å²) in [6.45, 7) is 2.35. The van der Waals surface area contributed by atoms with Gasteiger partial charge >= 0.3 is 0 Å². The van der Waals surface area contributed by atoms with Crippen molar-refractivity contribution in [2.75, 3.05) is 13.6 Å². The number of imidazole rings is 1. The van der Waals surface area contributed by atoms with Crippen LogP contribution in [-0.4, -0.2) is 38.9 Å². The molecule has 0 radical (unpaired) electrons. The molecule has 2 heterocycles. The lowest BCUT2D eigenvalue weighted by Gasteiger charge is -2.11. The summed E-state index contributed by atoms with van der Waals surface area (Å²) in [5.41, 5.74) is 2.15. The summed E-state index contributed by atoms with van der Waals surface area (Å²) >= 11 is 0. The van der Waals surface area contributed by atoms with Crippen LogP contribution in [-0.2, 0) is 20.1 Å². The normalized spacial score (nSPS) is 11.4. The smallest absolute Gasteiger partial charge is 0.191 e. The zero-order valence-corrected chi connectivity index (χ0v) is 16.8. The van der Waals surface area contributed by atoms with Crippen molar-refractivity contribution in [2.24, 2.45) is 12.0 Å². The van der Waals surface area contributed by atoms with E-state index in [9.17, 15) is 0 Å². The van der Waals surface area contributed by atoms with Gasteiger partial charge in [0.2, 0.25) is 0 Å². The highest BCUT2D eigenvalue weighted by atomic mass is 127. The van der Waals surface area contributed by atoms with E-state index in [1.165, 1.54) is 0 Å². The number of fused-ring (bicyclic) bond motifs is 1. The van der Waals surface area contributed by atoms with Crippen molar-refractivity contribution >= 4 is 41.0 Å². The van der Waals surface area contributed by atoms with Crippen LogP contribution >= 0.6 is 24.0 Å². The van der Waals surface area contributed by atoms with E-state index in [2.05, 4.69) is 36.3 Å². The average Bonchev–Trinajstić information content (AvgIpc) is 3.23. The van der Waals surface area contributed by atoms with Gasteiger partial charge in [0, 0.05) is 39.6 Å². The molecule has 0 saturated heterocycles. The Balaban J connectivity index is 0.00000225. The van der Waals surface area contributed by atoms with E-state index in [0.29, 0.717) is 6.54 Å². The van der Waals surface area contributed by atoms with Gasteiger partial charge in [-0.15, -0.1) is 24.0 Å². The predicted octanol–water partition coefficient (Wildman–Crippen LogP) is 2.14. The molecule has 0 spiro atoms. The number of halogens is 1. The van der Waals surface area contributed by atoms with Crippen molar-refractivity contribution in [3.8, 4) is 0 Å². The number of rotatable bonds is 6.